The topological polar surface area (TPSA) is 114 Å². The van der Waals surface area contributed by atoms with Crippen molar-refractivity contribution >= 4 is 17.5 Å². The molecular weight excluding hydrogens is 409 g/mol. The maximum Gasteiger partial charge on any atom is 0.434 e. The number of aromatic nitrogens is 2. The van der Waals surface area contributed by atoms with E-state index in [-0.39, 0.29) is 22.7 Å². The maximum atomic E-state index is 13.6. The van der Waals surface area contributed by atoms with E-state index in [4.69, 9.17) is 10.5 Å². The number of hydrogen-bond acceptors (Lipinski definition) is 6. The fourth-order valence-electron chi connectivity index (χ4n) is 3.51. The van der Waals surface area contributed by atoms with Gasteiger partial charge in [0, 0.05) is 18.4 Å². The molecule has 1 heterocycles. The van der Waals surface area contributed by atoms with Crippen LogP contribution in [0.15, 0.2) is 24.4 Å². The average molecular weight is 428 g/mol. The van der Waals surface area contributed by atoms with Crippen LogP contribution in [0.1, 0.15) is 59.3 Å². The van der Waals surface area contributed by atoms with Crippen LogP contribution < -0.4 is 10.6 Å². The molecule has 160 valence electrons. The van der Waals surface area contributed by atoms with Gasteiger partial charge in [0.1, 0.15) is 0 Å². The van der Waals surface area contributed by atoms with Gasteiger partial charge in [-0.05, 0) is 37.0 Å². The molecule has 0 saturated heterocycles. The fourth-order valence-corrected chi connectivity index (χ4v) is 3.51. The number of amides is 1. The van der Waals surface area contributed by atoms with Gasteiger partial charge < -0.3 is 10.6 Å². The maximum absolute atomic E-state index is 13.6. The van der Waals surface area contributed by atoms with Crippen LogP contribution in [0.25, 0.3) is 0 Å². The highest BCUT2D eigenvalue weighted by molar-refractivity contribution is 5.95. The lowest BCUT2D eigenvalue weighted by molar-refractivity contribution is -0.141. The summed E-state index contributed by atoms with van der Waals surface area (Å²) in [5, 5.41) is 23.2. The first-order chi connectivity index (χ1) is 14.8. The van der Waals surface area contributed by atoms with Crippen molar-refractivity contribution < 1.29 is 18.0 Å². The summed E-state index contributed by atoms with van der Waals surface area (Å²) in [4.78, 5) is 19.7. The summed E-state index contributed by atoms with van der Waals surface area (Å²) in [5.74, 6) is -1.02. The molecule has 3 rings (SSSR count). The van der Waals surface area contributed by atoms with Crippen molar-refractivity contribution in [3.05, 3.63) is 46.8 Å². The Labute approximate surface area is 176 Å². The van der Waals surface area contributed by atoms with Gasteiger partial charge in [0.2, 0.25) is 5.95 Å². The first-order valence-corrected chi connectivity index (χ1v) is 9.75. The number of carbonyl (C=O) groups is 1. The zero-order valence-electron chi connectivity index (χ0n) is 16.5. The largest absolute Gasteiger partial charge is 0.434 e. The molecule has 1 aliphatic rings. The molecule has 0 spiro atoms. The van der Waals surface area contributed by atoms with E-state index in [9.17, 15) is 18.0 Å². The van der Waals surface area contributed by atoms with Gasteiger partial charge in [0.15, 0.2) is 5.69 Å². The van der Waals surface area contributed by atoms with Crippen molar-refractivity contribution in [3.63, 3.8) is 0 Å². The Morgan fingerprint density at radius 1 is 1.10 bits per heavy atom. The van der Waals surface area contributed by atoms with Gasteiger partial charge in [-0.1, -0.05) is 19.3 Å². The second-order valence-corrected chi connectivity index (χ2v) is 7.32. The third-order valence-electron chi connectivity index (χ3n) is 5.03. The predicted molar refractivity (Wildman–Crippen MR) is 105 cm³/mol. The number of halogens is 3. The minimum absolute atomic E-state index is 0.149. The number of benzene rings is 1. The Morgan fingerprint density at radius 2 is 1.74 bits per heavy atom. The molecule has 1 amide bonds. The minimum Gasteiger partial charge on any atom is -0.352 e. The van der Waals surface area contributed by atoms with Crippen molar-refractivity contribution in [1.82, 2.24) is 15.3 Å². The smallest absolute Gasteiger partial charge is 0.352 e. The summed E-state index contributed by atoms with van der Waals surface area (Å²) in [7, 11) is 0. The van der Waals surface area contributed by atoms with Crippen LogP contribution >= 0.6 is 0 Å². The molecule has 1 aromatic carbocycles. The number of nitriles is 2. The van der Waals surface area contributed by atoms with E-state index >= 15 is 0 Å². The zero-order chi connectivity index (χ0) is 22.4. The standard InChI is InChI=1S/C21H19F3N6O/c22-21(23,24)18-17(19(31)27-11-13-4-2-1-3-5-13)12-28-20(30-18)29-16-7-14(9-25)6-15(8-16)10-26/h6-8,12-13H,1-5,11H2,(H,27,31)(H,28,29,30). The molecule has 1 saturated carbocycles. The van der Waals surface area contributed by atoms with Crippen LogP contribution in [0.5, 0.6) is 0 Å². The molecule has 0 aliphatic heterocycles. The number of hydrogen-bond donors (Lipinski definition) is 2. The van der Waals surface area contributed by atoms with Crippen LogP contribution in [0, 0.1) is 28.6 Å². The molecule has 0 bridgehead atoms. The van der Waals surface area contributed by atoms with Gasteiger partial charge in [-0.3, -0.25) is 4.79 Å². The second kappa shape index (κ2) is 9.43. The summed E-state index contributed by atoms with van der Waals surface area (Å²) in [6, 6.07) is 7.77. The predicted octanol–water partition coefficient (Wildman–Crippen LogP) is 4.29. The summed E-state index contributed by atoms with van der Waals surface area (Å²) < 4.78 is 40.7. The Hall–Kier alpha value is -3.66. The van der Waals surface area contributed by atoms with Gasteiger partial charge in [-0.15, -0.1) is 0 Å². The Kier molecular flexibility index (Phi) is 6.71. The Bertz CT molecular complexity index is 1020. The molecule has 2 aromatic rings. The molecule has 2 N–H and O–H groups in total. The molecule has 7 nitrogen and oxygen atoms in total. The molecule has 1 aromatic heterocycles. The van der Waals surface area contributed by atoms with Gasteiger partial charge in [0.05, 0.1) is 28.8 Å². The number of alkyl halides is 3. The van der Waals surface area contributed by atoms with Gasteiger partial charge in [-0.2, -0.15) is 23.7 Å². The van der Waals surface area contributed by atoms with Crippen LogP contribution in [-0.4, -0.2) is 22.4 Å². The van der Waals surface area contributed by atoms with Crippen molar-refractivity contribution in [2.24, 2.45) is 5.92 Å². The highest BCUT2D eigenvalue weighted by Crippen LogP contribution is 2.31. The molecule has 31 heavy (non-hydrogen) atoms. The van der Waals surface area contributed by atoms with Crippen molar-refractivity contribution in [2.75, 3.05) is 11.9 Å². The monoisotopic (exact) mass is 428 g/mol. The lowest BCUT2D eigenvalue weighted by Gasteiger charge is -2.22. The van der Waals surface area contributed by atoms with E-state index in [1.54, 1.807) is 0 Å². The van der Waals surface area contributed by atoms with E-state index in [1.807, 2.05) is 12.1 Å². The number of nitrogens with zero attached hydrogens (tertiary/aromatic N) is 4. The molecular formula is C21H19F3N6O. The van der Waals surface area contributed by atoms with E-state index in [0.29, 0.717) is 6.54 Å². The van der Waals surface area contributed by atoms with Crippen LogP contribution in [0.4, 0.5) is 24.8 Å². The van der Waals surface area contributed by atoms with Crippen LogP contribution in [0.2, 0.25) is 0 Å². The highest BCUT2D eigenvalue weighted by Gasteiger charge is 2.38. The minimum atomic E-state index is -4.87. The SMILES string of the molecule is N#Cc1cc(C#N)cc(Nc2ncc(C(=O)NCC3CCCCC3)c(C(F)(F)F)n2)c1. The number of rotatable bonds is 5. The first-order valence-electron chi connectivity index (χ1n) is 9.75. The van der Waals surface area contributed by atoms with E-state index in [2.05, 4.69) is 20.6 Å². The normalized spacial score (nSPS) is 14.4. The molecule has 0 atom stereocenters. The summed E-state index contributed by atoms with van der Waals surface area (Å²) in [5.41, 5.74) is -1.54. The second-order valence-electron chi connectivity index (χ2n) is 7.32. The van der Waals surface area contributed by atoms with Crippen molar-refractivity contribution in [2.45, 2.75) is 38.3 Å². The van der Waals surface area contributed by atoms with Crippen molar-refractivity contribution in [3.8, 4) is 12.1 Å². The number of anilines is 2. The molecule has 0 radical (unpaired) electrons. The number of carbonyl (C=O) groups excluding carboxylic acids is 1. The third-order valence-corrected chi connectivity index (χ3v) is 5.03. The summed E-state index contributed by atoms with van der Waals surface area (Å²) >= 11 is 0. The molecule has 1 aliphatic carbocycles. The molecule has 10 heteroatoms. The first kappa shape index (κ1) is 22.0. The average Bonchev–Trinajstić information content (AvgIpc) is 2.77. The molecule has 1 fully saturated rings. The summed E-state index contributed by atoms with van der Waals surface area (Å²) in [6.07, 6.45) is 1.09. The zero-order valence-corrected chi connectivity index (χ0v) is 16.5. The van der Waals surface area contributed by atoms with E-state index < -0.39 is 29.3 Å². The van der Waals surface area contributed by atoms with Gasteiger partial charge in [0.25, 0.3) is 5.91 Å². The quantitative estimate of drug-likeness (QED) is 0.734. The Balaban J connectivity index is 1.82. The van der Waals surface area contributed by atoms with Gasteiger partial charge >= 0.3 is 6.18 Å². The lowest BCUT2D eigenvalue weighted by Crippen LogP contribution is -2.32. The lowest BCUT2D eigenvalue weighted by atomic mass is 9.89. The summed E-state index contributed by atoms with van der Waals surface area (Å²) in [6.45, 7) is 0.314. The fraction of sp³-hybridized carbons (Fsp3) is 0.381. The Morgan fingerprint density at radius 3 is 2.32 bits per heavy atom. The third kappa shape index (κ3) is 5.70. The number of nitrogens with one attached hydrogen (secondary N) is 2. The van der Waals surface area contributed by atoms with Crippen LogP contribution in [-0.2, 0) is 6.18 Å². The highest BCUT2D eigenvalue weighted by atomic mass is 19.4. The van der Waals surface area contributed by atoms with E-state index in [0.717, 1.165) is 38.3 Å². The van der Waals surface area contributed by atoms with Crippen molar-refractivity contribution in [1.29, 1.82) is 10.5 Å². The molecule has 0 unspecified atom stereocenters. The van der Waals surface area contributed by atoms with Crippen LogP contribution in [0.3, 0.4) is 0 Å². The van der Waals surface area contributed by atoms with E-state index in [1.165, 1.54) is 18.2 Å². The van der Waals surface area contributed by atoms with Gasteiger partial charge in [-0.25, -0.2) is 9.97 Å².